The highest BCUT2D eigenvalue weighted by Crippen LogP contribution is 2.18. The number of aliphatic hydroxyl groups is 1. The minimum Gasteiger partial charge on any atom is -0.387 e. The summed E-state index contributed by atoms with van der Waals surface area (Å²) in [7, 11) is 1.75. The van der Waals surface area contributed by atoms with Crippen LogP contribution in [0.4, 0.5) is 0 Å². The highest BCUT2D eigenvalue weighted by Gasteiger charge is 2.21. The monoisotopic (exact) mass is 284 g/mol. The van der Waals surface area contributed by atoms with Crippen LogP contribution in [0.5, 0.6) is 0 Å². The molecule has 1 amide bonds. The number of amides is 1. The highest BCUT2D eigenvalue weighted by atomic mass is 16.3. The lowest BCUT2D eigenvalue weighted by molar-refractivity contribution is 0.0386. The number of hydrogen-bond donors (Lipinski definition) is 2. The summed E-state index contributed by atoms with van der Waals surface area (Å²) in [6, 6.07) is 18.2. The van der Waals surface area contributed by atoms with Gasteiger partial charge in [0.1, 0.15) is 0 Å². The van der Waals surface area contributed by atoms with E-state index in [9.17, 15) is 9.90 Å². The molecular formula is C17H20N2O2. The molecule has 0 bridgehead atoms. The van der Waals surface area contributed by atoms with Gasteiger partial charge in [0.2, 0.25) is 0 Å². The molecule has 21 heavy (non-hydrogen) atoms. The lowest BCUT2D eigenvalue weighted by Gasteiger charge is -2.29. The number of carbonyl (C=O) groups is 1. The van der Waals surface area contributed by atoms with E-state index in [-0.39, 0.29) is 11.9 Å². The van der Waals surface area contributed by atoms with Crippen LogP contribution in [0, 0.1) is 0 Å². The second-order valence-electron chi connectivity index (χ2n) is 5.01. The van der Waals surface area contributed by atoms with Crippen molar-refractivity contribution in [3.63, 3.8) is 0 Å². The fraction of sp³-hybridized carbons (Fsp3) is 0.235. The molecule has 0 radical (unpaired) electrons. The zero-order chi connectivity index (χ0) is 15.2. The lowest BCUT2D eigenvalue weighted by atomic mass is 10.0. The summed E-state index contributed by atoms with van der Waals surface area (Å²) in [5.41, 5.74) is 4.19. The molecule has 0 aliphatic carbocycles. The number of benzene rings is 2. The SMILES string of the molecule is C[C@@H]([C@@H](O)c1ccccc1)N(C)NC(=O)c1ccccc1. The summed E-state index contributed by atoms with van der Waals surface area (Å²) in [6.07, 6.45) is -0.674. The fourth-order valence-electron chi connectivity index (χ4n) is 2.06. The van der Waals surface area contributed by atoms with Crippen LogP contribution in [0.25, 0.3) is 0 Å². The van der Waals surface area contributed by atoms with Crippen LogP contribution in [0.3, 0.4) is 0 Å². The first-order valence-electron chi connectivity index (χ1n) is 6.91. The summed E-state index contributed by atoms with van der Waals surface area (Å²) >= 11 is 0. The first-order chi connectivity index (χ1) is 10.1. The van der Waals surface area contributed by atoms with Gasteiger partial charge in [-0.3, -0.25) is 10.2 Å². The van der Waals surface area contributed by atoms with Crippen LogP contribution < -0.4 is 5.43 Å². The largest absolute Gasteiger partial charge is 0.387 e. The Labute approximate surface area is 125 Å². The fourth-order valence-corrected chi connectivity index (χ4v) is 2.06. The zero-order valence-electron chi connectivity index (χ0n) is 12.2. The van der Waals surface area contributed by atoms with Crippen LogP contribution in [-0.2, 0) is 0 Å². The van der Waals surface area contributed by atoms with Crippen molar-refractivity contribution >= 4 is 5.91 Å². The molecule has 0 saturated heterocycles. The van der Waals surface area contributed by atoms with Crippen molar-refractivity contribution in [2.24, 2.45) is 0 Å². The van der Waals surface area contributed by atoms with E-state index in [1.807, 2.05) is 55.5 Å². The Balaban J connectivity index is 2.00. The predicted octanol–water partition coefficient (Wildman–Crippen LogP) is 2.39. The summed E-state index contributed by atoms with van der Waals surface area (Å²) < 4.78 is 0. The van der Waals surface area contributed by atoms with Crippen molar-refractivity contribution in [3.8, 4) is 0 Å². The molecule has 4 heteroatoms. The topological polar surface area (TPSA) is 52.6 Å². The Morgan fingerprint density at radius 3 is 2.14 bits per heavy atom. The number of likely N-dealkylation sites (N-methyl/N-ethyl adjacent to an activating group) is 1. The van der Waals surface area contributed by atoms with Crippen LogP contribution >= 0.6 is 0 Å². The predicted molar refractivity (Wildman–Crippen MR) is 82.5 cm³/mol. The van der Waals surface area contributed by atoms with Gasteiger partial charge in [0.15, 0.2) is 0 Å². The molecule has 2 aromatic carbocycles. The Morgan fingerprint density at radius 1 is 1.05 bits per heavy atom. The normalized spacial score (nSPS) is 13.7. The third-order valence-electron chi connectivity index (χ3n) is 3.52. The number of rotatable bonds is 5. The van der Waals surface area contributed by atoms with Crippen molar-refractivity contribution in [2.75, 3.05) is 7.05 Å². The van der Waals surface area contributed by atoms with Crippen LogP contribution in [-0.4, -0.2) is 29.1 Å². The molecule has 110 valence electrons. The standard InChI is InChI=1S/C17H20N2O2/c1-13(16(20)14-9-5-3-6-10-14)19(2)18-17(21)15-11-7-4-8-12-15/h3-13,16,20H,1-2H3,(H,18,21)/t13-,16+/m0/s1. The van der Waals surface area contributed by atoms with Crippen molar-refractivity contribution in [3.05, 3.63) is 71.8 Å². The molecule has 0 aromatic heterocycles. The van der Waals surface area contributed by atoms with Gasteiger partial charge in [-0.15, -0.1) is 0 Å². The third-order valence-corrected chi connectivity index (χ3v) is 3.52. The number of hydrogen-bond acceptors (Lipinski definition) is 3. The lowest BCUT2D eigenvalue weighted by Crippen LogP contribution is -2.47. The Kier molecular flexibility index (Phi) is 5.09. The van der Waals surface area contributed by atoms with E-state index in [1.165, 1.54) is 0 Å². The maximum atomic E-state index is 12.1. The average molecular weight is 284 g/mol. The van der Waals surface area contributed by atoms with Gasteiger partial charge in [-0.2, -0.15) is 0 Å². The average Bonchev–Trinajstić information content (AvgIpc) is 2.55. The Bertz CT molecular complexity index is 572. The summed E-state index contributed by atoms with van der Waals surface area (Å²) in [5, 5.41) is 12.0. The highest BCUT2D eigenvalue weighted by molar-refractivity contribution is 5.93. The smallest absolute Gasteiger partial charge is 0.265 e. The summed E-state index contributed by atoms with van der Waals surface area (Å²) in [4.78, 5) is 12.1. The van der Waals surface area contributed by atoms with E-state index in [4.69, 9.17) is 0 Å². The molecule has 4 nitrogen and oxygen atoms in total. The second-order valence-corrected chi connectivity index (χ2v) is 5.01. The van der Waals surface area contributed by atoms with E-state index in [0.29, 0.717) is 5.56 Å². The van der Waals surface area contributed by atoms with Crippen LogP contribution in [0.2, 0.25) is 0 Å². The first-order valence-corrected chi connectivity index (χ1v) is 6.91. The van der Waals surface area contributed by atoms with E-state index >= 15 is 0 Å². The van der Waals surface area contributed by atoms with Crippen molar-refractivity contribution in [2.45, 2.75) is 19.1 Å². The molecule has 2 rings (SSSR count). The van der Waals surface area contributed by atoms with Crippen molar-refractivity contribution < 1.29 is 9.90 Å². The van der Waals surface area contributed by atoms with Gasteiger partial charge in [-0.1, -0.05) is 48.5 Å². The second kappa shape index (κ2) is 7.02. The van der Waals surface area contributed by atoms with E-state index in [1.54, 1.807) is 24.2 Å². The number of hydrazine groups is 1. The maximum absolute atomic E-state index is 12.1. The van der Waals surface area contributed by atoms with Gasteiger partial charge in [0.05, 0.1) is 12.1 Å². The van der Waals surface area contributed by atoms with Crippen LogP contribution in [0.15, 0.2) is 60.7 Å². The Morgan fingerprint density at radius 2 is 1.57 bits per heavy atom. The Hall–Kier alpha value is -2.17. The van der Waals surface area contributed by atoms with Gasteiger partial charge in [0.25, 0.3) is 5.91 Å². The van der Waals surface area contributed by atoms with Gasteiger partial charge in [0, 0.05) is 12.6 Å². The van der Waals surface area contributed by atoms with Crippen molar-refractivity contribution in [1.82, 2.24) is 10.4 Å². The first kappa shape index (κ1) is 15.2. The van der Waals surface area contributed by atoms with E-state index in [0.717, 1.165) is 5.56 Å². The number of aliphatic hydroxyl groups excluding tert-OH is 1. The maximum Gasteiger partial charge on any atom is 0.265 e. The third kappa shape index (κ3) is 3.90. The molecule has 0 saturated carbocycles. The minimum absolute atomic E-state index is 0.190. The number of nitrogens with one attached hydrogen (secondary N) is 1. The zero-order valence-corrected chi connectivity index (χ0v) is 12.2. The molecule has 0 spiro atoms. The van der Waals surface area contributed by atoms with E-state index in [2.05, 4.69) is 5.43 Å². The molecule has 0 unspecified atom stereocenters. The molecule has 0 heterocycles. The molecule has 0 aliphatic rings. The van der Waals surface area contributed by atoms with Crippen molar-refractivity contribution in [1.29, 1.82) is 0 Å². The van der Waals surface area contributed by atoms with Gasteiger partial charge in [-0.25, -0.2) is 5.01 Å². The quantitative estimate of drug-likeness (QED) is 0.829. The molecule has 2 aromatic rings. The van der Waals surface area contributed by atoms with Crippen LogP contribution in [0.1, 0.15) is 28.9 Å². The molecule has 2 N–H and O–H groups in total. The van der Waals surface area contributed by atoms with Gasteiger partial charge in [-0.05, 0) is 24.6 Å². The van der Waals surface area contributed by atoms with E-state index < -0.39 is 6.10 Å². The number of nitrogens with zero attached hydrogens (tertiary/aromatic N) is 1. The minimum atomic E-state index is -0.674. The summed E-state index contributed by atoms with van der Waals surface area (Å²) in [5.74, 6) is -0.190. The van der Waals surface area contributed by atoms with Gasteiger partial charge >= 0.3 is 0 Å². The molecule has 2 atom stereocenters. The molecule has 0 aliphatic heterocycles. The van der Waals surface area contributed by atoms with Gasteiger partial charge < -0.3 is 5.11 Å². The number of carbonyl (C=O) groups excluding carboxylic acids is 1. The molecular weight excluding hydrogens is 264 g/mol. The molecule has 0 fully saturated rings. The summed E-state index contributed by atoms with van der Waals surface area (Å²) in [6.45, 7) is 1.86.